The number of ether oxygens (including phenoxy) is 1. The van der Waals surface area contributed by atoms with Crippen molar-refractivity contribution in [2.75, 3.05) is 18.0 Å². The average molecular weight is 368 g/mol. The van der Waals surface area contributed by atoms with E-state index in [0.29, 0.717) is 6.54 Å². The zero-order valence-corrected chi connectivity index (χ0v) is 16.0. The van der Waals surface area contributed by atoms with Gasteiger partial charge in [0, 0.05) is 38.3 Å². The van der Waals surface area contributed by atoms with Crippen LogP contribution in [-0.2, 0) is 16.1 Å². The molecule has 0 radical (unpaired) electrons. The lowest BCUT2D eigenvalue weighted by molar-refractivity contribution is -0.121. The van der Waals surface area contributed by atoms with Crippen LogP contribution in [0, 0.1) is 0 Å². The molecule has 1 fully saturated rings. The monoisotopic (exact) mass is 368 g/mol. The maximum absolute atomic E-state index is 12.2. The second-order valence-corrected chi connectivity index (χ2v) is 7.18. The average Bonchev–Trinajstić information content (AvgIpc) is 2.66. The van der Waals surface area contributed by atoms with Crippen LogP contribution in [0.25, 0.3) is 0 Å². The first-order chi connectivity index (χ1) is 13.0. The number of hydrogen-bond donors (Lipinski definition) is 2. The van der Waals surface area contributed by atoms with E-state index in [1.807, 2.05) is 48.7 Å². The minimum atomic E-state index is -0.294. The molecule has 0 bridgehead atoms. The molecule has 0 aliphatic carbocycles. The van der Waals surface area contributed by atoms with Gasteiger partial charge in [0.2, 0.25) is 5.91 Å². The largest absolute Gasteiger partial charge is 0.372 e. The van der Waals surface area contributed by atoms with Crippen molar-refractivity contribution in [1.29, 1.82) is 0 Å². The molecule has 1 aromatic carbocycles. The van der Waals surface area contributed by atoms with E-state index in [2.05, 4.69) is 29.0 Å². The number of hydrogen-bond acceptors (Lipinski definition) is 5. The number of carbonyl (C=O) groups is 1. The van der Waals surface area contributed by atoms with Crippen LogP contribution in [0.5, 0.6) is 0 Å². The summed E-state index contributed by atoms with van der Waals surface area (Å²) in [4.78, 5) is 18.9. The van der Waals surface area contributed by atoms with Gasteiger partial charge in [-0.2, -0.15) is 0 Å². The predicted molar refractivity (Wildman–Crippen MR) is 106 cm³/mol. The van der Waals surface area contributed by atoms with Crippen molar-refractivity contribution >= 4 is 11.7 Å². The fourth-order valence-electron chi connectivity index (χ4n) is 3.36. The number of nitrogens with zero attached hydrogens (tertiary/aromatic N) is 2. The van der Waals surface area contributed by atoms with Gasteiger partial charge in [-0.05, 0) is 31.0 Å². The molecule has 1 aromatic heterocycles. The minimum Gasteiger partial charge on any atom is -0.372 e. The molecule has 0 saturated carbocycles. The summed E-state index contributed by atoms with van der Waals surface area (Å²) in [5, 5.41) is 2.92. The molecular formula is C21H28N4O2. The quantitative estimate of drug-likeness (QED) is 0.818. The molecular weight excluding hydrogens is 340 g/mol. The van der Waals surface area contributed by atoms with Gasteiger partial charge < -0.3 is 20.7 Å². The molecule has 2 heterocycles. The Labute approximate surface area is 160 Å². The van der Waals surface area contributed by atoms with Crippen LogP contribution in [-0.4, -0.2) is 36.2 Å². The summed E-state index contributed by atoms with van der Waals surface area (Å²) in [6, 6.07) is 13.4. The minimum absolute atomic E-state index is 0.0636. The second kappa shape index (κ2) is 8.97. The van der Waals surface area contributed by atoms with Crippen LogP contribution in [0.1, 0.15) is 37.4 Å². The van der Waals surface area contributed by atoms with E-state index in [1.165, 1.54) is 0 Å². The van der Waals surface area contributed by atoms with E-state index in [4.69, 9.17) is 10.5 Å². The fraction of sp³-hybridized carbons (Fsp3) is 0.429. The van der Waals surface area contributed by atoms with E-state index in [1.54, 1.807) is 0 Å². The number of benzene rings is 1. The van der Waals surface area contributed by atoms with E-state index in [-0.39, 0.29) is 30.6 Å². The fourth-order valence-corrected chi connectivity index (χ4v) is 3.36. The van der Waals surface area contributed by atoms with Crippen LogP contribution in [0.2, 0.25) is 0 Å². The third-order valence-corrected chi connectivity index (χ3v) is 4.68. The van der Waals surface area contributed by atoms with E-state index >= 15 is 0 Å². The molecule has 0 spiro atoms. The lowest BCUT2D eigenvalue weighted by Crippen LogP contribution is -2.45. The van der Waals surface area contributed by atoms with Crippen molar-refractivity contribution < 1.29 is 9.53 Å². The summed E-state index contributed by atoms with van der Waals surface area (Å²) in [7, 11) is 0. The Morgan fingerprint density at radius 1 is 1.22 bits per heavy atom. The van der Waals surface area contributed by atoms with Gasteiger partial charge in [0.05, 0.1) is 12.2 Å². The molecule has 2 aromatic rings. The summed E-state index contributed by atoms with van der Waals surface area (Å²) >= 11 is 0. The van der Waals surface area contributed by atoms with Crippen molar-refractivity contribution in [2.45, 2.75) is 45.1 Å². The molecule has 1 amide bonds. The molecule has 3 rings (SSSR count). The SMILES string of the molecule is CC1CN(c2ccc(CNC(=O)CC(N)c3ccccc3)cn2)CC(C)O1. The lowest BCUT2D eigenvalue weighted by atomic mass is 10.0. The number of rotatable bonds is 6. The van der Waals surface area contributed by atoms with Crippen LogP contribution in [0.4, 0.5) is 5.82 Å². The lowest BCUT2D eigenvalue weighted by Gasteiger charge is -2.36. The van der Waals surface area contributed by atoms with Crippen LogP contribution in [0.15, 0.2) is 48.7 Å². The van der Waals surface area contributed by atoms with Gasteiger partial charge in [-0.1, -0.05) is 36.4 Å². The number of anilines is 1. The molecule has 1 saturated heterocycles. The molecule has 6 heteroatoms. The van der Waals surface area contributed by atoms with E-state index in [9.17, 15) is 4.79 Å². The highest BCUT2D eigenvalue weighted by Gasteiger charge is 2.23. The van der Waals surface area contributed by atoms with E-state index in [0.717, 1.165) is 30.0 Å². The Hall–Kier alpha value is -2.44. The molecule has 6 nitrogen and oxygen atoms in total. The number of morpholine rings is 1. The van der Waals surface area contributed by atoms with Crippen molar-refractivity contribution in [2.24, 2.45) is 5.73 Å². The molecule has 144 valence electrons. The van der Waals surface area contributed by atoms with Crippen LogP contribution >= 0.6 is 0 Å². The highest BCUT2D eigenvalue weighted by Crippen LogP contribution is 2.18. The van der Waals surface area contributed by atoms with Gasteiger partial charge in [-0.3, -0.25) is 4.79 Å². The van der Waals surface area contributed by atoms with Gasteiger partial charge in [-0.25, -0.2) is 4.98 Å². The van der Waals surface area contributed by atoms with Gasteiger partial charge in [-0.15, -0.1) is 0 Å². The summed E-state index contributed by atoms with van der Waals surface area (Å²) in [5.74, 6) is 0.879. The van der Waals surface area contributed by atoms with Crippen molar-refractivity contribution in [3.63, 3.8) is 0 Å². The van der Waals surface area contributed by atoms with Crippen molar-refractivity contribution in [3.05, 3.63) is 59.8 Å². The number of carbonyl (C=O) groups excluding carboxylic acids is 1. The Morgan fingerprint density at radius 3 is 2.56 bits per heavy atom. The van der Waals surface area contributed by atoms with Crippen LogP contribution < -0.4 is 16.0 Å². The van der Waals surface area contributed by atoms with Gasteiger partial charge in [0.15, 0.2) is 0 Å². The summed E-state index contributed by atoms with van der Waals surface area (Å²) in [6.45, 7) is 6.28. The first-order valence-corrected chi connectivity index (χ1v) is 9.44. The Balaban J connectivity index is 1.49. The van der Waals surface area contributed by atoms with Crippen molar-refractivity contribution in [3.8, 4) is 0 Å². The number of nitrogens with one attached hydrogen (secondary N) is 1. The smallest absolute Gasteiger partial charge is 0.222 e. The highest BCUT2D eigenvalue weighted by molar-refractivity contribution is 5.76. The summed E-state index contributed by atoms with van der Waals surface area (Å²) in [6.07, 6.45) is 2.48. The van der Waals surface area contributed by atoms with Gasteiger partial charge in [0.1, 0.15) is 5.82 Å². The molecule has 3 N–H and O–H groups in total. The number of nitrogens with two attached hydrogens (primary N) is 1. The van der Waals surface area contributed by atoms with Gasteiger partial charge >= 0.3 is 0 Å². The van der Waals surface area contributed by atoms with Crippen molar-refractivity contribution in [1.82, 2.24) is 10.3 Å². The number of aromatic nitrogens is 1. The maximum atomic E-state index is 12.2. The first kappa shape index (κ1) is 19.3. The van der Waals surface area contributed by atoms with Gasteiger partial charge in [0.25, 0.3) is 0 Å². The molecule has 27 heavy (non-hydrogen) atoms. The number of amides is 1. The zero-order chi connectivity index (χ0) is 19.2. The first-order valence-electron chi connectivity index (χ1n) is 9.44. The maximum Gasteiger partial charge on any atom is 0.222 e. The third kappa shape index (κ3) is 5.52. The Bertz CT molecular complexity index is 726. The predicted octanol–water partition coefficient (Wildman–Crippen LogP) is 2.40. The van der Waals surface area contributed by atoms with E-state index < -0.39 is 0 Å². The summed E-state index contributed by atoms with van der Waals surface area (Å²) in [5.41, 5.74) is 8.03. The Kier molecular flexibility index (Phi) is 6.42. The second-order valence-electron chi connectivity index (χ2n) is 7.18. The highest BCUT2D eigenvalue weighted by atomic mass is 16.5. The summed E-state index contributed by atoms with van der Waals surface area (Å²) < 4.78 is 5.76. The molecule has 1 aliphatic rings. The van der Waals surface area contributed by atoms with Crippen LogP contribution in [0.3, 0.4) is 0 Å². The number of pyridine rings is 1. The third-order valence-electron chi connectivity index (χ3n) is 4.68. The molecule has 3 atom stereocenters. The molecule has 3 unspecified atom stereocenters. The normalized spacial score (nSPS) is 20.9. The zero-order valence-electron chi connectivity index (χ0n) is 16.0. The Morgan fingerprint density at radius 2 is 1.93 bits per heavy atom. The standard InChI is InChI=1S/C21H28N4O2/c1-15-13-25(14-16(2)27-15)20-9-8-17(11-23-20)12-24-21(26)10-19(22)18-6-4-3-5-7-18/h3-9,11,15-16,19H,10,12-14,22H2,1-2H3,(H,24,26). The topological polar surface area (TPSA) is 80.5 Å². The molecule has 1 aliphatic heterocycles.